The fraction of sp³-hybridized carbons (Fsp3) is 0.412. The van der Waals surface area contributed by atoms with E-state index in [2.05, 4.69) is 6.07 Å². The average molecular weight is 327 g/mol. The normalized spacial score (nSPS) is 19.6. The van der Waals surface area contributed by atoms with Crippen molar-refractivity contribution < 1.29 is 9.59 Å². The van der Waals surface area contributed by atoms with Crippen LogP contribution in [-0.4, -0.2) is 54.0 Å². The summed E-state index contributed by atoms with van der Waals surface area (Å²) < 4.78 is 0. The van der Waals surface area contributed by atoms with Gasteiger partial charge < -0.3 is 20.9 Å². The number of hydrogen-bond donors (Lipinski definition) is 2. The molecule has 1 aliphatic rings. The summed E-state index contributed by atoms with van der Waals surface area (Å²) in [6, 6.07) is 6.40. The minimum absolute atomic E-state index is 0.0873. The largest absolute Gasteiger partial charge is 0.398 e. The molecule has 1 saturated heterocycles. The van der Waals surface area contributed by atoms with Crippen LogP contribution in [0, 0.1) is 22.7 Å². The first-order valence-corrected chi connectivity index (χ1v) is 7.72. The van der Waals surface area contributed by atoms with Crippen molar-refractivity contribution in [3.05, 3.63) is 29.3 Å². The molecule has 0 radical (unpaired) electrons. The summed E-state index contributed by atoms with van der Waals surface area (Å²) >= 11 is 0. The third-order valence-corrected chi connectivity index (χ3v) is 4.19. The minimum atomic E-state index is -0.418. The number of nitrogen functional groups attached to an aromatic ring is 1. The van der Waals surface area contributed by atoms with Crippen LogP contribution in [-0.2, 0) is 4.79 Å². The second-order valence-corrected chi connectivity index (χ2v) is 6.18. The fourth-order valence-corrected chi connectivity index (χ4v) is 2.87. The first-order valence-electron chi connectivity index (χ1n) is 7.72. The Balaban J connectivity index is 2.06. The lowest BCUT2D eigenvalue weighted by Gasteiger charge is -2.24. The lowest BCUT2D eigenvalue weighted by Crippen LogP contribution is -2.43. The molecule has 1 aromatic carbocycles. The van der Waals surface area contributed by atoms with Crippen LogP contribution in [0.4, 0.5) is 5.69 Å². The molecule has 1 aliphatic heterocycles. The molecule has 0 aromatic heterocycles. The Morgan fingerprint density at radius 2 is 2.25 bits per heavy atom. The molecule has 0 spiro atoms. The molecule has 24 heavy (non-hydrogen) atoms. The summed E-state index contributed by atoms with van der Waals surface area (Å²) in [5, 5.41) is 16.4. The highest BCUT2D eigenvalue weighted by atomic mass is 16.2. The van der Waals surface area contributed by atoms with Gasteiger partial charge in [0.25, 0.3) is 5.91 Å². The second-order valence-electron chi connectivity index (χ2n) is 6.18. The zero-order valence-electron chi connectivity index (χ0n) is 13.8. The molecule has 1 aromatic rings. The number of likely N-dealkylation sites (tertiary alicyclic amines) is 1. The molecule has 3 N–H and O–H groups in total. The smallest absolute Gasteiger partial charge is 0.254 e. The fourth-order valence-electron chi connectivity index (χ4n) is 2.87. The number of likely N-dealkylation sites (N-methyl/N-ethyl adjacent to an activating group) is 1. The van der Waals surface area contributed by atoms with Gasteiger partial charge >= 0.3 is 0 Å². The molecular formula is C17H21N5O2. The Morgan fingerprint density at radius 3 is 2.83 bits per heavy atom. The first-order chi connectivity index (χ1) is 11.4. The van der Waals surface area contributed by atoms with E-state index in [1.807, 2.05) is 6.92 Å². The molecule has 7 nitrogen and oxygen atoms in total. The third-order valence-electron chi connectivity index (χ3n) is 4.19. The summed E-state index contributed by atoms with van der Waals surface area (Å²) in [6.45, 7) is 2.45. The highest BCUT2D eigenvalue weighted by Gasteiger charge is 2.33. The highest BCUT2D eigenvalue weighted by molar-refractivity contribution is 5.98. The van der Waals surface area contributed by atoms with Crippen molar-refractivity contribution in [3.63, 3.8) is 0 Å². The van der Waals surface area contributed by atoms with Gasteiger partial charge in [0.2, 0.25) is 5.91 Å². The van der Waals surface area contributed by atoms with E-state index < -0.39 is 6.04 Å². The predicted molar refractivity (Wildman–Crippen MR) is 90.6 cm³/mol. The number of carbonyl (C=O) groups excluding carboxylic acids is 2. The van der Waals surface area contributed by atoms with Crippen molar-refractivity contribution in [1.29, 1.82) is 10.7 Å². The zero-order chi connectivity index (χ0) is 17.9. The minimum Gasteiger partial charge on any atom is -0.398 e. The van der Waals surface area contributed by atoms with Crippen LogP contribution >= 0.6 is 0 Å². The number of nitrogens with two attached hydrogens (primary N) is 1. The van der Waals surface area contributed by atoms with Crippen LogP contribution in [0.2, 0.25) is 0 Å². The maximum Gasteiger partial charge on any atom is 0.254 e. The molecule has 126 valence electrons. The van der Waals surface area contributed by atoms with Crippen molar-refractivity contribution in [2.45, 2.75) is 19.4 Å². The van der Waals surface area contributed by atoms with Crippen molar-refractivity contribution in [2.75, 3.05) is 25.9 Å². The number of anilines is 1. The quantitative estimate of drug-likeness (QED) is 0.636. The number of amides is 2. The van der Waals surface area contributed by atoms with Crippen LogP contribution in [0.3, 0.4) is 0 Å². The number of nitrogens with one attached hydrogen (secondary N) is 1. The van der Waals surface area contributed by atoms with E-state index in [9.17, 15) is 9.59 Å². The Kier molecular flexibility index (Phi) is 5.19. The lowest BCUT2D eigenvalue weighted by molar-refractivity contribution is -0.131. The summed E-state index contributed by atoms with van der Waals surface area (Å²) in [5.74, 6) is -0.272. The van der Waals surface area contributed by atoms with Gasteiger partial charge in [0.1, 0.15) is 6.04 Å². The molecule has 1 heterocycles. The maximum atomic E-state index is 12.4. The third kappa shape index (κ3) is 3.54. The molecule has 2 rings (SSSR count). The van der Waals surface area contributed by atoms with Crippen LogP contribution in [0.15, 0.2) is 18.2 Å². The number of hydrogen-bond acceptors (Lipinski definition) is 5. The van der Waals surface area contributed by atoms with Gasteiger partial charge in [-0.05, 0) is 24.5 Å². The van der Waals surface area contributed by atoms with Crippen molar-refractivity contribution in [1.82, 2.24) is 9.80 Å². The number of benzene rings is 1. The van der Waals surface area contributed by atoms with Gasteiger partial charge in [0.15, 0.2) is 0 Å². The van der Waals surface area contributed by atoms with Gasteiger partial charge in [-0.3, -0.25) is 9.59 Å². The summed E-state index contributed by atoms with van der Waals surface area (Å²) in [7, 11) is 1.54. The molecule has 7 heteroatoms. The van der Waals surface area contributed by atoms with Crippen molar-refractivity contribution >= 4 is 23.7 Å². The van der Waals surface area contributed by atoms with E-state index in [1.165, 1.54) is 11.0 Å². The number of nitrogens with zero attached hydrogens (tertiary/aromatic N) is 3. The highest BCUT2D eigenvalue weighted by Crippen LogP contribution is 2.22. The van der Waals surface area contributed by atoms with E-state index in [-0.39, 0.29) is 24.3 Å². The topological polar surface area (TPSA) is 114 Å². The monoisotopic (exact) mass is 327 g/mol. The lowest BCUT2D eigenvalue weighted by atomic mass is 10.1. The molecule has 0 saturated carbocycles. The first kappa shape index (κ1) is 17.5. The Morgan fingerprint density at radius 1 is 1.54 bits per heavy atom. The van der Waals surface area contributed by atoms with Gasteiger partial charge in [-0.2, -0.15) is 5.26 Å². The molecule has 0 aliphatic carbocycles. The summed E-state index contributed by atoms with van der Waals surface area (Å²) in [6.07, 6.45) is 1.79. The summed E-state index contributed by atoms with van der Waals surface area (Å²) in [5.41, 5.74) is 7.03. The van der Waals surface area contributed by atoms with E-state index in [0.717, 1.165) is 6.21 Å². The Bertz CT molecular complexity index is 709. The maximum absolute atomic E-state index is 12.4. The molecule has 0 bridgehead atoms. The van der Waals surface area contributed by atoms with E-state index >= 15 is 0 Å². The second kappa shape index (κ2) is 7.13. The molecule has 1 fully saturated rings. The zero-order valence-corrected chi connectivity index (χ0v) is 13.8. The van der Waals surface area contributed by atoms with Crippen LogP contribution in [0.1, 0.15) is 29.3 Å². The average Bonchev–Trinajstić information content (AvgIpc) is 2.95. The van der Waals surface area contributed by atoms with Gasteiger partial charge in [0, 0.05) is 36.6 Å². The van der Waals surface area contributed by atoms with E-state index in [0.29, 0.717) is 29.8 Å². The number of nitriles is 1. The van der Waals surface area contributed by atoms with Crippen LogP contribution in [0.25, 0.3) is 0 Å². The van der Waals surface area contributed by atoms with Crippen LogP contribution in [0.5, 0.6) is 0 Å². The van der Waals surface area contributed by atoms with Gasteiger partial charge in [-0.1, -0.05) is 13.0 Å². The molecule has 2 unspecified atom stereocenters. The molecule has 2 atom stereocenters. The Labute approximate surface area is 141 Å². The standard InChI is InChI=1S/C17H21N5O2/c1-11-5-14(8-19)22(9-11)16(23)10-21(2)17(24)12-3-4-13(7-18)15(20)6-12/h3-4,6-7,11,14,18H,5,9-10,20H2,1-2H3. The van der Waals surface area contributed by atoms with Gasteiger partial charge in [0.05, 0.1) is 12.6 Å². The van der Waals surface area contributed by atoms with E-state index in [1.54, 1.807) is 24.1 Å². The van der Waals surface area contributed by atoms with Crippen molar-refractivity contribution in [2.24, 2.45) is 5.92 Å². The molecule has 2 amide bonds. The Hall–Kier alpha value is -2.88. The molecular weight excluding hydrogens is 306 g/mol. The van der Waals surface area contributed by atoms with Crippen LogP contribution < -0.4 is 5.73 Å². The van der Waals surface area contributed by atoms with Crippen molar-refractivity contribution in [3.8, 4) is 6.07 Å². The summed E-state index contributed by atoms with van der Waals surface area (Å²) in [4.78, 5) is 27.7. The predicted octanol–water partition coefficient (Wildman–Crippen LogP) is 1.10. The number of carbonyl (C=O) groups is 2. The van der Waals surface area contributed by atoms with E-state index in [4.69, 9.17) is 16.4 Å². The van der Waals surface area contributed by atoms with Gasteiger partial charge in [-0.25, -0.2) is 0 Å². The number of rotatable bonds is 4. The van der Waals surface area contributed by atoms with Gasteiger partial charge in [-0.15, -0.1) is 0 Å². The SMILES string of the molecule is CC1CC(C#N)N(C(=O)CN(C)C(=O)c2ccc(C=N)c(N)c2)C1.